The molecular weight excluding hydrogens is 409 g/mol. The largest absolute Gasteiger partial charge is 0.394 e. The van der Waals surface area contributed by atoms with Crippen molar-refractivity contribution in [3.8, 4) is 11.8 Å². The second-order valence-corrected chi connectivity index (χ2v) is 8.14. The molecule has 2 heterocycles. The highest BCUT2D eigenvalue weighted by atomic mass is 19.1. The number of hydrogen-bond acceptors (Lipinski definition) is 3. The van der Waals surface area contributed by atoms with Crippen LogP contribution in [0, 0.1) is 17.7 Å². The van der Waals surface area contributed by atoms with Crippen molar-refractivity contribution in [2.24, 2.45) is 0 Å². The summed E-state index contributed by atoms with van der Waals surface area (Å²) in [7, 11) is 0. The number of aliphatic hydroxyl groups is 1. The van der Waals surface area contributed by atoms with Crippen LogP contribution in [0.1, 0.15) is 36.8 Å². The smallest absolute Gasteiger partial charge is 0.322 e. The van der Waals surface area contributed by atoms with E-state index in [9.17, 15) is 19.1 Å². The highest BCUT2D eigenvalue weighted by molar-refractivity contribution is 5.93. The minimum absolute atomic E-state index is 0.0766. The molecule has 6 nitrogen and oxygen atoms in total. The average molecular weight is 435 g/mol. The van der Waals surface area contributed by atoms with Crippen molar-refractivity contribution in [1.82, 2.24) is 9.80 Å². The normalized spacial score (nSPS) is 21.8. The number of nitrogens with zero attached hydrogens (tertiary/aromatic N) is 2. The third-order valence-corrected chi connectivity index (χ3v) is 6.02. The third-order valence-electron chi connectivity index (χ3n) is 6.02. The molecular formula is C25H26FN3O3. The Bertz CT molecular complexity index is 1060. The van der Waals surface area contributed by atoms with Crippen LogP contribution in [-0.2, 0) is 4.79 Å². The maximum atomic E-state index is 13.4. The maximum absolute atomic E-state index is 13.4. The fraction of sp³-hybridized carbons (Fsp3) is 0.360. The van der Waals surface area contributed by atoms with Crippen LogP contribution < -0.4 is 5.32 Å². The summed E-state index contributed by atoms with van der Waals surface area (Å²) in [5.41, 5.74) is 2.27. The summed E-state index contributed by atoms with van der Waals surface area (Å²) in [6.45, 7) is 2.21. The van der Waals surface area contributed by atoms with Crippen molar-refractivity contribution < 1.29 is 19.1 Å². The number of rotatable bonds is 4. The van der Waals surface area contributed by atoms with E-state index in [0.717, 1.165) is 24.0 Å². The Kier molecular flexibility index (Phi) is 6.42. The lowest BCUT2D eigenvalue weighted by Gasteiger charge is -2.58. The Morgan fingerprint density at radius 2 is 2.03 bits per heavy atom. The fourth-order valence-electron chi connectivity index (χ4n) is 4.50. The van der Waals surface area contributed by atoms with Gasteiger partial charge in [0.15, 0.2) is 0 Å². The van der Waals surface area contributed by atoms with Gasteiger partial charge in [-0.05, 0) is 42.3 Å². The van der Waals surface area contributed by atoms with Crippen LogP contribution in [-0.4, -0.2) is 58.6 Å². The van der Waals surface area contributed by atoms with Gasteiger partial charge in [-0.2, -0.15) is 0 Å². The summed E-state index contributed by atoms with van der Waals surface area (Å²) in [5, 5.41) is 12.6. The van der Waals surface area contributed by atoms with E-state index in [1.165, 1.54) is 23.1 Å². The van der Waals surface area contributed by atoms with Crippen LogP contribution in [0.2, 0.25) is 0 Å². The predicted molar refractivity (Wildman–Crippen MR) is 119 cm³/mol. The number of fused-ring (bicyclic) bond motifs is 1. The molecule has 0 radical (unpaired) electrons. The van der Waals surface area contributed by atoms with Gasteiger partial charge in [-0.15, -0.1) is 0 Å². The second-order valence-electron chi connectivity index (χ2n) is 8.14. The van der Waals surface area contributed by atoms with E-state index in [-0.39, 0.29) is 37.1 Å². The number of unbranched alkanes of at least 4 members (excludes halogenated alkanes) is 1. The standard InChI is InChI=1S/C25H26FN3O3/c1-2-3-4-6-17-9-11-18(12-10-17)24-21-14-28(15-23(31)29(21)22(24)16-30)25(32)27-20-8-5-7-19(26)13-20/h5,7-13,21-22,24,30H,2-3,14-16H2,1H3,(H,27,32)/t21-,22+,24+/m0/s1. The lowest BCUT2D eigenvalue weighted by molar-refractivity contribution is -0.159. The first-order valence-corrected chi connectivity index (χ1v) is 10.8. The predicted octanol–water partition coefficient (Wildman–Crippen LogP) is 3.18. The molecule has 3 amide bonds. The van der Waals surface area contributed by atoms with Crippen molar-refractivity contribution >= 4 is 17.6 Å². The van der Waals surface area contributed by atoms with Gasteiger partial charge in [0.25, 0.3) is 0 Å². The third kappa shape index (κ3) is 4.32. The van der Waals surface area contributed by atoms with Crippen LogP contribution in [0.15, 0.2) is 48.5 Å². The van der Waals surface area contributed by atoms with Gasteiger partial charge in [-0.3, -0.25) is 4.79 Å². The molecule has 32 heavy (non-hydrogen) atoms. The van der Waals surface area contributed by atoms with Crippen LogP contribution in [0.5, 0.6) is 0 Å². The van der Waals surface area contributed by atoms with Crippen molar-refractivity contribution in [2.75, 3.05) is 25.0 Å². The summed E-state index contributed by atoms with van der Waals surface area (Å²) in [6, 6.07) is 12.5. The molecule has 2 aliphatic heterocycles. The first-order chi connectivity index (χ1) is 15.5. The van der Waals surface area contributed by atoms with E-state index < -0.39 is 11.8 Å². The molecule has 0 saturated carbocycles. The van der Waals surface area contributed by atoms with Crippen molar-refractivity contribution in [3.05, 3.63) is 65.5 Å². The van der Waals surface area contributed by atoms with Gasteiger partial charge in [0.2, 0.25) is 5.91 Å². The first-order valence-electron chi connectivity index (χ1n) is 10.8. The van der Waals surface area contributed by atoms with E-state index in [0.29, 0.717) is 12.2 Å². The molecule has 3 atom stereocenters. The number of carbonyl (C=O) groups excluding carboxylic acids is 2. The zero-order chi connectivity index (χ0) is 22.7. The van der Waals surface area contributed by atoms with Crippen molar-refractivity contribution in [1.29, 1.82) is 0 Å². The second kappa shape index (κ2) is 9.41. The molecule has 2 aliphatic rings. The van der Waals surface area contributed by atoms with Gasteiger partial charge < -0.3 is 20.2 Å². The molecule has 2 aromatic rings. The van der Waals surface area contributed by atoms with E-state index in [1.54, 1.807) is 11.0 Å². The van der Waals surface area contributed by atoms with Crippen LogP contribution in [0.3, 0.4) is 0 Å². The molecule has 0 spiro atoms. The Morgan fingerprint density at radius 1 is 1.25 bits per heavy atom. The van der Waals surface area contributed by atoms with Gasteiger partial charge in [-0.1, -0.05) is 37.0 Å². The van der Waals surface area contributed by atoms with Crippen molar-refractivity contribution in [3.63, 3.8) is 0 Å². The molecule has 2 fully saturated rings. The molecule has 0 unspecified atom stereocenters. The minimum atomic E-state index is -0.448. The Morgan fingerprint density at radius 3 is 2.72 bits per heavy atom. The number of anilines is 1. The first kappa shape index (κ1) is 21.8. The number of carbonyl (C=O) groups is 2. The number of benzene rings is 2. The van der Waals surface area contributed by atoms with Crippen molar-refractivity contribution in [2.45, 2.75) is 37.8 Å². The summed E-state index contributed by atoms with van der Waals surface area (Å²) < 4.78 is 13.4. The number of nitrogens with one attached hydrogen (secondary N) is 1. The summed E-state index contributed by atoms with van der Waals surface area (Å²) in [4.78, 5) is 28.6. The van der Waals surface area contributed by atoms with Gasteiger partial charge in [0.05, 0.1) is 18.7 Å². The Balaban J connectivity index is 1.49. The number of piperazine rings is 1. The van der Waals surface area contributed by atoms with E-state index in [4.69, 9.17) is 0 Å². The Hall–Kier alpha value is -3.37. The summed E-state index contributed by atoms with van der Waals surface area (Å²) in [6.07, 6.45) is 1.86. The van der Waals surface area contributed by atoms with Gasteiger partial charge in [0, 0.05) is 30.1 Å². The van der Waals surface area contributed by atoms with Gasteiger partial charge in [-0.25, -0.2) is 9.18 Å². The number of amides is 3. The lowest BCUT2D eigenvalue weighted by atomic mass is 9.73. The van der Waals surface area contributed by atoms with Crippen LogP contribution in [0.25, 0.3) is 0 Å². The number of aliphatic hydroxyl groups excluding tert-OH is 1. The molecule has 0 aliphatic carbocycles. The van der Waals surface area contributed by atoms with Gasteiger partial charge in [0.1, 0.15) is 12.4 Å². The quantitative estimate of drug-likeness (QED) is 0.725. The highest BCUT2D eigenvalue weighted by Crippen LogP contribution is 2.43. The van der Waals surface area contributed by atoms with E-state index in [1.807, 2.05) is 24.3 Å². The molecule has 0 aromatic heterocycles. The van der Waals surface area contributed by atoms with E-state index in [2.05, 4.69) is 24.1 Å². The average Bonchev–Trinajstić information content (AvgIpc) is 2.76. The molecule has 166 valence electrons. The summed E-state index contributed by atoms with van der Waals surface area (Å²) in [5.74, 6) is 5.53. The molecule has 2 aromatic carbocycles. The van der Waals surface area contributed by atoms with Crippen LogP contribution >= 0.6 is 0 Å². The number of urea groups is 1. The number of halogens is 1. The fourth-order valence-corrected chi connectivity index (χ4v) is 4.50. The maximum Gasteiger partial charge on any atom is 0.322 e. The SMILES string of the molecule is CCCC#Cc1ccc([C@H]2[C@@H](CO)N3C(=O)CN(C(=O)Nc4cccc(F)c4)C[C@@H]23)cc1. The lowest BCUT2D eigenvalue weighted by Crippen LogP contribution is -2.73. The molecule has 7 heteroatoms. The monoisotopic (exact) mass is 435 g/mol. The van der Waals surface area contributed by atoms with Crippen LogP contribution in [0.4, 0.5) is 14.9 Å². The molecule has 4 rings (SSSR count). The van der Waals surface area contributed by atoms with Gasteiger partial charge >= 0.3 is 6.03 Å². The molecule has 2 saturated heterocycles. The molecule has 0 bridgehead atoms. The highest BCUT2D eigenvalue weighted by Gasteiger charge is 2.54. The zero-order valence-corrected chi connectivity index (χ0v) is 17.9. The summed E-state index contributed by atoms with van der Waals surface area (Å²) >= 11 is 0. The zero-order valence-electron chi connectivity index (χ0n) is 17.9. The Labute approximate surface area is 187 Å². The topological polar surface area (TPSA) is 72.9 Å². The molecule has 2 N–H and O–H groups in total. The number of hydrogen-bond donors (Lipinski definition) is 2. The minimum Gasteiger partial charge on any atom is -0.394 e. The van der Waals surface area contributed by atoms with E-state index >= 15 is 0 Å².